The lowest BCUT2D eigenvalue weighted by atomic mass is 10.2. The highest BCUT2D eigenvalue weighted by Crippen LogP contribution is 2.28. The summed E-state index contributed by atoms with van der Waals surface area (Å²) in [7, 11) is -3.41. The van der Waals surface area contributed by atoms with Crippen LogP contribution in [0.4, 0.5) is 0 Å². The molecule has 1 fully saturated rings. The second-order valence-corrected chi connectivity index (χ2v) is 7.15. The van der Waals surface area contributed by atoms with Crippen LogP contribution < -0.4 is 5.73 Å². The highest BCUT2D eigenvalue weighted by atomic mass is 35.5. The van der Waals surface area contributed by atoms with Gasteiger partial charge in [0.1, 0.15) is 0 Å². The highest BCUT2D eigenvalue weighted by Gasteiger charge is 2.30. The summed E-state index contributed by atoms with van der Waals surface area (Å²) in [5.74, 6) is -0.182. The van der Waals surface area contributed by atoms with E-state index in [1.165, 1.54) is 4.31 Å². The maximum Gasteiger partial charge on any atom is 0.218 e. The quantitative estimate of drug-likeness (QED) is 0.927. The minimum atomic E-state index is -3.41. The molecule has 18 heavy (non-hydrogen) atoms. The molecule has 1 aromatic carbocycles. The van der Waals surface area contributed by atoms with Crippen molar-refractivity contribution < 1.29 is 8.42 Å². The molecule has 2 rings (SSSR count). The lowest BCUT2D eigenvalue weighted by Crippen LogP contribution is -2.32. The maximum atomic E-state index is 12.2. The molecule has 0 bridgehead atoms. The van der Waals surface area contributed by atoms with Gasteiger partial charge in [0.05, 0.1) is 5.75 Å². The second-order valence-electron chi connectivity index (χ2n) is 4.36. The number of benzene rings is 1. The summed E-state index contributed by atoms with van der Waals surface area (Å²) in [5.41, 5.74) is 6.16. The normalized spacial score (nSPS) is 21.4. The fourth-order valence-corrected chi connectivity index (χ4v) is 4.30. The number of halogens is 2. The van der Waals surface area contributed by atoms with E-state index in [9.17, 15) is 8.42 Å². The third-order valence-electron chi connectivity index (χ3n) is 2.97. The van der Waals surface area contributed by atoms with Crippen molar-refractivity contribution >= 4 is 33.2 Å². The number of nitrogens with two attached hydrogens (primary N) is 1. The molecule has 0 radical (unpaired) electrons. The first-order valence-electron chi connectivity index (χ1n) is 5.56. The number of rotatable bonds is 3. The van der Waals surface area contributed by atoms with Crippen LogP contribution in [0.3, 0.4) is 0 Å². The molecule has 1 heterocycles. The maximum absolute atomic E-state index is 12.2. The molecule has 1 atom stereocenters. The average molecular weight is 309 g/mol. The minimum Gasteiger partial charge on any atom is -0.326 e. The van der Waals surface area contributed by atoms with E-state index in [0.29, 0.717) is 35.1 Å². The van der Waals surface area contributed by atoms with E-state index in [1.54, 1.807) is 18.2 Å². The molecule has 4 nitrogen and oxygen atoms in total. The first-order chi connectivity index (χ1) is 8.40. The number of nitrogens with zero attached hydrogens (tertiary/aromatic N) is 1. The Labute approximate surface area is 117 Å². The van der Waals surface area contributed by atoms with Crippen LogP contribution in [0.1, 0.15) is 12.0 Å². The molecule has 1 aromatic rings. The predicted molar refractivity (Wildman–Crippen MR) is 73.3 cm³/mol. The summed E-state index contributed by atoms with van der Waals surface area (Å²) in [6.07, 6.45) is 0.690. The summed E-state index contributed by atoms with van der Waals surface area (Å²) in [6, 6.07) is 4.87. The van der Waals surface area contributed by atoms with Crippen molar-refractivity contribution in [2.75, 3.05) is 13.1 Å². The minimum absolute atomic E-state index is 0.0820. The Bertz CT molecular complexity index is 528. The Morgan fingerprint density at radius 1 is 1.33 bits per heavy atom. The molecule has 1 aliphatic rings. The fourth-order valence-electron chi connectivity index (χ4n) is 1.95. The van der Waals surface area contributed by atoms with Gasteiger partial charge in [0.25, 0.3) is 0 Å². The SMILES string of the molecule is N[C@@H]1CCN(S(=O)(=O)Cc2c(Cl)cccc2Cl)C1. The van der Waals surface area contributed by atoms with Gasteiger partial charge >= 0.3 is 0 Å². The fraction of sp³-hybridized carbons (Fsp3) is 0.455. The Kier molecular flexibility index (Phi) is 4.18. The molecule has 0 unspecified atom stereocenters. The van der Waals surface area contributed by atoms with E-state index in [1.807, 2.05) is 0 Å². The van der Waals surface area contributed by atoms with Gasteiger partial charge in [0.15, 0.2) is 0 Å². The van der Waals surface area contributed by atoms with Crippen LogP contribution in [0.15, 0.2) is 18.2 Å². The molecular formula is C11H14Cl2N2O2S. The zero-order valence-corrected chi connectivity index (χ0v) is 12.0. The van der Waals surface area contributed by atoms with Gasteiger partial charge in [-0.25, -0.2) is 12.7 Å². The summed E-state index contributed by atoms with van der Waals surface area (Å²) in [5, 5.41) is 0.740. The third-order valence-corrected chi connectivity index (χ3v) is 5.45. The van der Waals surface area contributed by atoms with Crippen LogP contribution in [0.2, 0.25) is 10.0 Å². The summed E-state index contributed by atoms with van der Waals surface area (Å²) in [6.45, 7) is 0.829. The van der Waals surface area contributed by atoms with Crippen LogP contribution in [0.25, 0.3) is 0 Å². The largest absolute Gasteiger partial charge is 0.326 e. The van der Waals surface area contributed by atoms with Gasteiger partial charge in [-0.3, -0.25) is 0 Å². The highest BCUT2D eigenvalue weighted by molar-refractivity contribution is 7.88. The van der Waals surface area contributed by atoms with E-state index in [-0.39, 0.29) is 11.8 Å². The van der Waals surface area contributed by atoms with Gasteiger partial charge in [-0.15, -0.1) is 0 Å². The van der Waals surface area contributed by atoms with Crippen molar-refractivity contribution in [2.24, 2.45) is 5.73 Å². The molecule has 2 N–H and O–H groups in total. The van der Waals surface area contributed by atoms with Crippen molar-refractivity contribution in [3.05, 3.63) is 33.8 Å². The zero-order valence-electron chi connectivity index (χ0n) is 9.64. The van der Waals surface area contributed by atoms with Crippen molar-refractivity contribution in [3.63, 3.8) is 0 Å². The number of sulfonamides is 1. The molecule has 0 aliphatic carbocycles. The van der Waals surface area contributed by atoms with Gasteiger partial charge in [-0.1, -0.05) is 29.3 Å². The molecule has 100 valence electrons. The molecule has 0 saturated carbocycles. The van der Waals surface area contributed by atoms with Crippen molar-refractivity contribution in [1.82, 2.24) is 4.31 Å². The summed E-state index contributed by atoms with van der Waals surface area (Å²) in [4.78, 5) is 0. The topological polar surface area (TPSA) is 63.4 Å². The molecule has 1 aliphatic heterocycles. The van der Waals surface area contributed by atoms with Crippen LogP contribution >= 0.6 is 23.2 Å². The van der Waals surface area contributed by atoms with Crippen molar-refractivity contribution in [1.29, 1.82) is 0 Å². The Morgan fingerprint density at radius 2 is 1.94 bits per heavy atom. The second kappa shape index (κ2) is 5.35. The summed E-state index contributed by atoms with van der Waals surface area (Å²) < 4.78 is 25.8. The summed E-state index contributed by atoms with van der Waals surface area (Å²) >= 11 is 12.0. The Hall–Kier alpha value is -0.330. The van der Waals surface area contributed by atoms with E-state index in [4.69, 9.17) is 28.9 Å². The van der Waals surface area contributed by atoms with Gasteiger partial charge in [0, 0.05) is 34.7 Å². The van der Waals surface area contributed by atoms with E-state index < -0.39 is 10.0 Å². The first kappa shape index (κ1) is 14.1. The third kappa shape index (κ3) is 2.97. The predicted octanol–water partition coefficient (Wildman–Crippen LogP) is 1.86. The lowest BCUT2D eigenvalue weighted by Gasteiger charge is -2.17. The van der Waals surface area contributed by atoms with E-state index in [2.05, 4.69) is 0 Å². The standard InChI is InChI=1S/C11H14Cl2N2O2S/c12-10-2-1-3-11(13)9(10)7-18(16,17)15-5-4-8(14)6-15/h1-3,8H,4-7,14H2/t8-/m1/s1. The molecular weight excluding hydrogens is 295 g/mol. The van der Waals surface area contributed by atoms with Gasteiger partial charge in [-0.05, 0) is 18.6 Å². The lowest BCUT2D eigenvalue weighted by molar-refractivity contribution is 0.471. The Balaban J connectivity index is 2.23. The first-order valence-corrected chi connectivity index (χ1v) is 7.93. The zero-order chi connectivity index (χ0) is 13.3. The van der Waals surface area contributed by atoms with Gasteiger partial charge < -0.3 is 5.73 Å². The molecule has 0 spiro atoms. The average Bonchev–Trinajstić information content (AvgIpc) is 2.71. The van der Waals surface area contributed by atoms with Crippen LogP contribution in [-0.4, -0.2) is 31.9 Å². The van der Waals surface area contributed by atoms with Crippen LogP contribution in [0, 0.1) is 0 Å². The van der Waals surface area contributed by atoms with Gasteiger partial charge in [0.2, 0.25) is 10.0 Å². The smallest absolute Gasteiger partial charge is 0.218 e. The molecule has 7 heteroatoms. The molecule has 0 amide bonds. The van der Waals surface area contributed by atoms with E-state index in [0.717, 1.165) is 0 Å². The van der Waals surface area contributed by atoms with Crippen LogP contribution in [-0.2, 0) is 15.8 Å². The van der Waals surface area contributed by atoms with E-state index >= 15 is 0 Å². The number of hydrogen-bond donors (Lipinski definition) is 1. The van der Waals surface area contributed by atoms with Gasteiger partial charge in [-0.2, -0.15) is 0 Å². The molecule has 1 saturated heterocycles. The molecule has 0 aromatic heterocycles. The van der Waals surface area contributed by atoms with Crippen molar-refractivity contribution in [3.8, 4) is 0 Å². The van der Waals surface area contributed by atoms with Crippen molar-refractivity contribution in [2.45, 2.75) is 18.2 Å². The Morgan fingerprint density at radius 3 is 2.44 bits per heavy atom. The van der Waals surface area contributed by atoms with Crippen LogP contribution in [0.5, 0.6) is 0 Å². The monoisotopic (exact) mass is 308 g/mol. The number of hydrogen-bond acceptors (Lipinski definition) is 3.